The fourth-order valence-electron chi connectivity index (χ4n) is 3.21. The maximum atomic E-state index is 12.6. The molecule has 162 valence electrons. The maximum Gasteiger partial charge on any atom is 0.266 e. The summed E-state index contributed by atoms with van der Waals surface area (Å²) in [5, 5.41) is 21.5. The van der Waals surface area contributed by atoms with E-state index >= 15 is 0 Å². The van der Waals surface area contributed by atoms with Crippen molar-refractivity contribution in [3.63, 3.8) is 0 Å². The van der Waals surface area contributed by atoms with Crippen molar-refractivity contribution in [1.82, 2.24) is 0 Å². The molecule has 0 fully saturated rings. The van der Waals surface area contributed by atoms with Crippen LogP contribution in [0.25, 0.3) is 6.08 Å². The quantitative estimate of drug-likeness (QED) is 0.280. The molecule has 1 N–H and O–H groups in total. The first-order chi connectivity index (χ1) is 16.0. The molecule has 0 heterocycles. The van der Waals surface area contributed by atoms with Crippen molar-refractivity contribution >= 4 is 17.7 Å². The number of nitrogens with one attached hydrogen (secondary N) is 1. The number of hydrogen-bond acceptors (Lipinski definition) is 4. The lowest BCUT2D eigenvalue weighted by molar-refractivity contribution is -0.112. The number of rotatable bonds is 8. The molecule has 0 saturated heterocycles. The molecule has 0 unspecified atom stereocenters. The number of nitrogens with zero attached hydrogens (tertiary/aromatic N) is 2. The average molecular weight is 434 g/mol. The molecule has 0 radical (unpaired) electrons. The third-order valence-corrected chi connectivity index (χ3v) is 4.96. The van der Waals surface area contributed by atoms with E-state index in [0.717, 1.165) is 16.7 Å². The zero-order chi connectivity index (χ0) is 23.6. The molecule has 3 aromatic rings. The first-order valence-corrected chi connectivity index (χ1v) is 10.4. The highest BCUT2D eigenvalue weighted by molar-refractivity contribution is 6.09. The van der Waals surface area contributed by atoms with E-state index in [-0.39, 0.29) is 12.2 Å². The summed E-state index contributed by atoms with van der Waals surface area (Å²) in [5.74, 6) is 0.183. The monoisotopic (exact) mass is 433 g/mol. The van der Waals surface area contributed by atoms with Gasteiger partial charge < -0.3 is 10.1 Å². The number of benzene rings is 3. The summed E-state index contributed by atoms with van der Waals surface area (Å²) in [5.41, 5.74) is 4.64. The van der Waals surface area contributed by atoms with Crippen LogP contribution < -0.4 is 10.1 Å². The second-order valence-corrected chi connectivity index (χ2v) is 7.41. The smallest absolute Gasteiger partial charge is 0.266 e. The topological polar surface area (TPSA) is 85.9 Å². The summed E-state index contributed by atoms with van der Waals surface area (Å²) in [7, 11) is 0. The van der Waals surface area contributed by atoms with Crippen molar-refractivity contribution in [2.75, 3.05) is 5.32 Å². The van der Waals surface area contributed by atoms with Gasteiger partial charge in [-0.05, 0) is 60.9 Å². The van der Waals surface area contributed by atoms with Crippen LogP contribution in [-0.2, 0) is 17.8 Å². The number of allylic oxidation sites excluding steroid dienone is 1. The Morgan fingerprint density at radius 3 is 2.52 bits per heavy atom. The first-order valence-electron chi connectivity index (χ1n) is 10.4. The zero-order valence-electron chi connectivity index (χ0n) is 18.3. The van der Waals surface area contributed by atoms with Crippen LogP contribution >= 0.6 is 0 Å². The summed E-state index contributed by atoms with van der Waals surface area (Å²) in [6.07, 6.45) is 3.85. The van der Waals surface area contributed by atoms with Gasteiger partial charge >= 0.3 is 0 Å². The Kier molecular flexibility index (Phi) is 7.78. The van der Waals surface area contributed by atoms with E-state index in [1.54, 1.807) is 42.5 Å². The first kappa shape index (κ1) is 23.1. The second-order valence-electron chi connectivity index (χ2n) is 7.41. The van der Waals surface area contributed by atoms with Gasteiger partial charge in [0, 0.05) is 11.3 Å². The van der Waals surface area contributed by atoms with Crippen molar-refractivity contribution in [3.05, 3.63) is 113 Å². The third-order valence-electron chi connectivity index (χ3n) is 4.96. The molecule has 1 amide bonds. The molecule has 3 aromatic carbocycles. The zero-order valence-corrected chi connectivity index (χ0v) is 18.3. The van der Waals surface area contributed by atoms with E-state index in [1.807, 2.05) is 49.4 Å². The number of carbonyl (C=O) groups excluding carboxylic acids is 1. The molecule has 0 atom stereocenters. The van der Waals surface area contributed by atoms with Gasteiger partial charge in [-0.15, -0.1) is 6.58 Å². The molecule has 0 saturated carbocycles. The minimum Gasteiger partial charge on any atom is -0.489 e. The maximum absolute atomic E-state index is 12.6. The number of nitriles is 2. The lowest BCUT2D eigenvalue weighted by Gasteiger charge is -2.12. The van der Waals surface area contributed by atoms with E-state index in [1.165, 1.54) is 0 Å². The van der Waals surface area contributed by atoms with Crippen LogP contribution in [0.15, 0.2) is 85.0 Å². The SMILES string of the molecule is C=CCc1cc(/C=C(/C#N)C(=O)Nc2ccc(C)cc2)ccc1OCc1ccccc1C#N. The van der Waals surface area contributed by atoms with E-state index < -0.39 is 5.91 Å². The van der Waals surface area contributed by atoms with Gasteiger partial charge in [-0.2, -0.15) is 10.5 Å². The standard InChI is InChI=1S/C28H23N3O2/c1-3-6-22-15-21(11-14-27(22)33-19-24-8-5-4-7-23(24)17-29)16-25(18-30)28(32)31-26-12-9-20(2)10-13-26/h3-5,7-16H,1,6,19H2,2H3,(H,31,32)/b25-16-. The molecule has 0 aliphatic rings. The number of aryl methyl sites for hydroxylation is 1. The average Bonchev–Trinajstić information content (AvgIpc) is 2.83. The van der Waals surface area contributed by atoms with Crippen molar-refractivity contribution in [3.8, 4) is 17.9 Å². The van der Waals surface area contributed by atoms with Gasteiger partial charge in [-0.1, -0.05) is 48.0 Å². The summed E-state index contributed by atoms with van der Waals surface area (Å²) in [4.78, 5) is 12.6. The number of anilines is 1. The normalized spacial score (nSPS) is 10.6. The number of ether oxygens (including phenoxy) is 1. The molecule has 3 rings (SSSR count). The predicted molar refractivity (Wildman–Crippen MR) is 129 cm³/mol. The lowest BCUT2D eigenvalue weighted by atomic mass is 10.0. The number of carbonyl (C=O) groups is 1. The third kappa shape index (κ3) is 6.19. The van der Waals surface area contributed by atoms with Crippen molar-refractivity contribution < 1.29 is 9.53 Å². The molecule has 0 aliphatic heterocycles. The Morgan fingerprint density at radius 2 is 1.82 bits per heavy atom. The van der Waals surface area contributed by atoms with Crippen LogP contribution in [0.2, 0.25) is 0 Å². The summed E-state index contributed by atoms with van der Waals surface area (Å²) in [6.45, 7) is 6.02. The van der Waals surface area contributed by atoms with E-state index in [4.69, 9.17) is 4.74 Å². The minimum absolute atomic E-state index is 0.00301. The largest absolute Gasteiger partial charge is 0.489 e. The van der Waals surface area contributed by atoms with Gasteiger partial charge in [0.2, 0.25) is 0 Å². The molecule has 5 nitrogen and oxygen atoms in total. The van der Waals surface area contributed by atoms with Gasteiger partial charge in [-0.25, -0.2) is 0 Å². The van der Waals surface area contributed by atoms with Gasteiger partial charge in [0.1, 0.15) is 24.0 Å². The van der Waals surface area contributed by atoms with Gasteiger partial charge in [0.05, 0.1) is 11.6 Å². The van der Waals surface area contributed by atoms with E-state index in [9.17, 15) is 15.3 Å². The number of hydrogen-bond donors (Lipinski definition) is 1. The summed E-state index contributed by atoms with van der Waals surface area (Å²) >= 11 is 0. The highest BCUT2D eigenvalue weighted by atomic mass is 16.5. The van der Waals surface area contributed by atoms with Crippen LogP contribution in [0, 0.1) is 29.6 Å². The highest BCUT2D eigenvalue weighted by Crippen LogP contribution is 2.24. The fraction of sp³-hybridized carbons (Fsp3) is 0.107. The Balaban J connectivity index is 1.80. The predicted octanol–water partition coefficient (Wildman–Crippen LogP) is 5.72. The van der Waals surface area contributed by atoms with Crippen molar-refractivity contribution in [2.45, 2.75) is 20.0 Å². The molecular weight excluding hydrogens is 410 g/mol. The van der Waals surface area contributed by atoms with E-state index in [0.29, 0.717) is 29.0 Å². The lowest BCUT2D eigenvalue weighted by Crippen LogP contribution is -2.13. The highest BCUT2D eigenvalue weighted by Gasteiger charge is 2.11. The Bertz CT molecular complexity index is 1280. The van der Waals surface area contributed by atoms with Crippen LogP contribution in [0.4, 0.5) is 5.69 Å². The van der Waals surface area contributed by atoms with Crippen LogP contribution in [-0.4, -0.2) is 5.91 Å². The van der Waals surface area contributed by atoms with E-state index in [2.05, 4.69) is 18.0 Å². The Morgan fingerprint density at radius 1 is 1.06 bits per heavy atom. The molecule has 0 aliphatic carbocycles. The van der Waals surface area contributed by atoms with Crippen molar-refractivity contribution in [1.29, 1.82) is 10.5 Å². The molecular formula is C28H23N3O2. The Labute approximate surface area is 193 Å². The Hall–Kier alpha value is -4.61. The molecule has 33 heavy (non-hydrogen) atoms. The van der Waals surface area contributed by atoms with Crippen LogP contribution in [0.1, 0.15) is 27.8 Å². The number of amides is 1. The minimum atomic E-state index is -0.472. The van der Waals surface area contributed by atoms with Crippen LogP contribution in [0.3, 0.4) is 0 Å². The van der Waals surface area contributed by atoms with Gasteiger partial charge in [-0.3, -0.25) is 4.79 Å². The molecule has 0 spiro atoms. The molecule has 0 aromatic heterocycles. The summed E-state index contributed by atoms with van der Waals surface area (Å²) in [6, 6.07) is 24.2. The van der Waals surface area contributed by atoms with Crippen molar-refractivity contribution in [2.24, 2.45) is 0 Å². The molecule has 5 heteroatoms. The van der Waals surface area contributed by atoms with Crippen LogP contribution in [0.5, 0.6) is 5.75 Å². The second kappa shape index (κ2) is 11.1. The van der Waals surface area contributed by atoms with Gasteiger partial charge in [0.15, 0.2) is 0 Å². The van der Waals surface area contributed by atoms with Gasteiger partial charge in [0.25, 0.3) is 5.91 Å². The summed E-state index contributed by atoms with van der Waals surface area (Å²) < 4.78 is 5.98. The fourth-order valence-corrected chi connectivity index (χ4v) is 3.21. The molecule has 0 bridgehead atoms.